The third kappa shape index (κ3) is 20.1. The van der Waals surface area contributed by atoms with Crippen molar-refractivity contribution in [3.05, 3.63) is 0 Å². The lowest BCUT2D eigenvalue weighted by Gasteiger charge is -2.27. The first-order valence-corrected chi connectivity index (χ1v) is 7.29. The highest BCUT2D eigenvalue weighted by atomic mass is 16.5. The normalized spacial score (nSPS) is 16.5. The van der Waals surface area contributed by atoms with Crippen molar-refractivity contribution < 1.29 is 9.47 Å². The summed E-state index contributed by atoms with van der Waals surface area (Å²) < 4.78 is 10.0. The van der Waals surface area contributed by atoms with Crippen LogP contribution in [0.15, 0.2) is 0 Å². The molecule has 1 aliphatic heterocycles. The molecular formula is C15H37N3O2. The predicted octanol–water partition coefficient (Wildman–Crippen LogP) is 1.10. The Morgan fingerprint density at radius 2 is 1.45 bits per heavy atom. The molecule has 5 heteroatoms. The van der Waals surface area contributed by atoms with Crippen molar-refractivity contribution >= 4 is 0 Å². The van der Waals surface area contributed by atoms with Gasteiger partial charge in [0, 0.05) is 33.9 Å². The molecule has 0 spiro atoms. The zero-order chi connectivity index (χ0) is 16.0. The number of likely N-dealkylation sites (tertiary alicyclic amines) is 1. The van der Waals surface area contributed by atoms with Gasteiger partial charge in [0.05, 0.1) is 12.7 Å². The van der Waals surface area contributed by atoms with Gasteiger partial charge in [0.15, 0.2) is 0 Å². The highest BCUT2D eigenvalue weighted by Crippen LogP contribution is 2.10. The number of ether oxygens (including phenoxy) is 2. The van der Waals surface area contributed by atoms with Crippen LogP contribution >= 0.6 is 0 Å². The first-order chi connectivity index (χ1) is 9.33. The van der Waals surface area contributed by atoms with E-state index in [0.717, 1.165) is 13.2 Å². The number of nitrogens with zero attached hydrogens (tertiary/aromatic N) is 3. The van der Waals surface area contributed by atoms with Gasteiger partial charge in [-0.1, -0.05) is 0 Å². The van der Waals surface area contributed by atoms with E-state index >= 15 is 0 Å². The molecule has 1 fully saturated rings. The molecule has 0 unspecified atom stereocenters. The monoisotopic (exact) mass is 291 g/mol. The molecule has 0 amide bonds. The summed E-state index contributed by atoms with van der Waals surface area (Å²) in [6.45, 7) is 4.22. The maximum Gasteiger partial charge on any atom is 0.0595 e. The fraction of sp³-hybridized carbons (Fsp3) is 1.00. The maximum absolute atomic E-state index is 5.21. The smallest absolute Gasteiger partial charge is 0.0595 e. The SMILES string of the molecule is CN(C)C.COC1CCN(C)CC1.COCCN(C)C. The fourth-order valence-corrected chi connectivity index (χ4v) is 1.49. The molecule has 0 aromatic carbocycles. The second-order valence-electron chi connectivity index (χ2n) is 5.88. The molecule has 0 atom stereocenters. The van der Waals surface area contributed by atoms with Crippen LogP contribution in [0, 0.1) is 0 Å². The van der Waals surface area contributed by atoms with Gasteiger partial charge in [-0.15, -0.1) is 0 Å². The molecule has 1 heterocycles. The molecule has 1 rings (SSSR count). The van der Waals surface area contributed by atoms with Gasteiger partial charge in [-0.3, -0.25) is 0 Å². The van der Waals surface area contributed by atoms with Crippen molar-refractivity contribution in [2.24, 2.45) is 0 Å². The molecule has 0 radical (unpaired) electrons. The molecule has 124 valence electrons. The van der Waals surface area contributed by atoms with Crippen molar-refractivity contribution in [2.75, 3.05) is 82.7 Å². The van der Waals surface area contributed by atoms with Gasteiger partial charge in [0.1, 0.15) is 0 Å². The van der Waals surface area contributed by atoms with E-state index in [9.17, 15) is 0 Å². The van der Waals surface area contributed by atoms with E-state index in [1.807, 2.05) is 40.1 Å². The van der Waals surface area contributed by atoms with Gasteiger partial charge in [-0.25, -0.2) is 0 Å². The summed E-state index contributed by atoms with van der Waals surface area (Å²) in [6.07, 6.45) is 2.93. The largest absolute Gasteiger partial charge is 0.383 e. The summed E-state index contributed by atoms with van der Waals surface area (Å²) in [4.78, 5) is 6.43. The van der Waals surface area contributed by atoms with E-state index in [1.54, 1.807) is 14.2 Å². The Hall–Kier alpha value is -0.200. The number of hydrogen-bond acceptors (Lipinski definition) is 5. The van der Waals surface area contributed by atoms with Crippen LogP contribution in [-0.2, 0) is 9.47 Å². The van der Waals surface area contributed by atoms with Crippen LogP contribution in [0.4, 0.5) is 0 Å². The third-order valence-corrected chi connectivity index (χ3v) is 2.74. The fourth-order valence-electron chi connectivity index (χ4n) is 1.49. The first-order valence-electron chi connectivity index (χ1n) is 7.29. The van der Waals surface area contributed by atoms with E-state index in [2.05, 4.69) is 16.8 Å². The summed E-state index contributed by atoms with van der Waals surface area (Å²) in [6, 6.07) is 0. The second-order valence-corrected chi connectivity index (χ2v) is 5.88. The average molecular weight is 291 g/mol. The number of rotatable bonds is 4. The third-order valence-electron chi connectivity index (χ3n) is 2.74. The minimum absolute atomic E-state index is 0.529. The van der Waals surface area contributed by atoms with Crippen LogP contribution in [0.5, 0.6) is 0 Å². The quantitative estimate of drug-likeness (QED) is 0.773. The van der Waals surface area contributed by atoms with Crippen LogP contribution in [0.1, 0.15) is 12.8 Å². The molecule has 0 aliphatic carbocycles. The molecule has 0 bridgehead atoms. The standard InChI is InChI=1S/C7H15NO.C5H13NO.C3H9N/c1-8-5-3-7(9-2)4-6-8;1-6(2)4-5-7-3;1-4(2)3/h7H,3-6H2,1-2H3;4-5H2,1-3H3;1-3H3. The predicted molar refractivity (Wildman–Crippen MR) is 87.6 cm³/mol. The van der Waals surface area contributed by atoms with Gasteiger partial charge in [0.2, 0.25) is 0 Å². The number of piperidine rings is 1. The van der Waals surface area contributed by atoms with Crippen LogP contribution in [0.3, 0.4) is 0 Å². The molecule has 0 aromatic rings. The Bertz CT molecular complexity index is 179. The lowest BCUT2D eigenvalue weighted by molar-refractivity contribution is 0.0484. The molecule has 0 N–H and O–H groups in total. The van der Waals surface area contributed by atoms with Crippen molar-refractivity contribution in [1.29, 1.82) is 0 Å². The lowest BCUT2D eigenvalue weighted by atomic mass is 10.1. The number of likely N-dealkylation sites (N-methyl/N-ethyl adjacent to an activating group) is 1. The van der Waals surface area contributed by atoms with Gasteiger partial charge >= 0.3 is 0 Å². The first kappa shape index (κ1) is 22.1. The van der Waals surface area contributed by atoms with E-state index < -0.39 is 0 Å². The summed E-state index contributed by atoms with van der Waals surface area (Å²) in [5.74, 6) is 0. The van der Waals surface area contributed by atoms with Crippen LogP contribution in [0.25, 0.3) is 0 Å². The van der Waals surface area contributed by atoms with Crippen LogP contribution < -0.4 is 0 Å². The Morgan fingerprint density at radius 3 is 1.70 bits per heavy atom. The molecule has 5 nitrogen and oxygen atoms in total. The van der Waals surface area contributed by atoms with Crippen molar-refractivity contribution in [2.45, 2.75) is 18.9 Å². The molecule has 0 aromatic heterocycles. The molecule has 20 heavy (non-hydrogen) atoms. The zero-order valence-corrected chi connectivity index (χ0v) is 15.0. The van der Waals surface area contributed by atoms with Crippen LogP contribution in [0.2, 0.25) is 0 Å². The van der Waals surface area contributed by atoms with Crippen molar-refractivity contribution in [3.63, 3.8) is 0 Å². The minimum atomic E-state index is 0.529. The summed E-state index contributed by atoms with van der Waals surface area (Å²) >= 11 is 0. The zero-order valence-electron chi connectivity index (χ0n) is 15.0. The average Bonchev–Trinajstić information content (AvgIpc) is 2.37. The number of methoxy groups -OCH3 is 2. The molecule has 1 aliphatic rings. The Balaban J connectivity index is 0. The van der Waals surface area contributed by atoms with E-state index in [4.69, 9.17) is 9.47 Å². The van der Waals surface area contributed by atoms with Gasteiger partial charge < -0.3 is 24.2 Å². The molecule has 0 saturated carbocycles. The topological polar surface area (TPSA) is 28.2 Å². The number of hydrogen-bond donors (Lipinski definition) is 0. The Kier molecular flexibility index (Phi) is 16.8. The second kappa shape index (κ2) is 15.2. The summed E-state index contributed by atoms with van der Waals surface area (Å²) in [5, 5.41) is 0. The van der Waals surface area contributed by atoms with Gasteiger partial charge in [0.25, 0.3) is 0 Å². The Morgan fingerprint density at radius 1 is 1.00 bits per heavy atom. The van der Waals surface area contributed by atoms with Crippen molar-refractivity contribution in [1.82, 2.24) is 14.7 Å². The van der Waals surface area contributed by atoms with Gasteiger partial charge in [-0.2, -0.15) is 0 Å². The highest BCUT2D eigenvalue weighted by Gasteiger charge is 2.14. The van der Waals surface area contributed by atoms with Gasteiger partial charge in [-0.05, 0) is 55.1 Å². The summed E-state index contributed by atoms with van der Waals surface area (Å²) in [5.41, 5.74) is 0. The molecule has 1 saturated heterocycles. The van der Waals surface area contributed by atoms with E-state index in [-0.39, 0.29) is 0 Å². The molecular weight excluding hydrogens is 254 g/mol. The van der Waals surface area contributed by atoms with E-state index in [1.165, 1.54) is 25.9 Å². The highest BCUT2D eigenvalue weighted by molar-refractivity contribution is 4.68. The van der Waals surface area contributed by atoms with Crippen LogP contribution in [-0.4, -0.2) is 104 Å². The summed E-state index contributed by atoms with van der Waals surface area (Å²) in [7, 11) is 15.7. The van der Waals surface area contributed by atoms with Crippen molar-refractivity contribution in [3.8, 4) is 0 Å². The lowest BCUT2D eigenvalue weighted by Crippen LogP contribution is -2.33. The Labute approximate surface area is 126 Å². The van der Waals surface area contributed by atoms with E-state index in [0.29, 0.717) is 6.10 Å². The maximum atomic E-state index is 5.21. The minimum Gasteiger partial charge on any atom is -0.383 e.